The van der Waals surface area contributed by atoms with Crippen LogP contribution < -0.4 is 5.32 Å². The van der Waals surface area contributed by atoms with E-state index in [4.69, 9.17) is 0 Å². The first-order valence-electron chi connectivity index (χ1n) is 7.84. The predicted octanol–water partition coefficient (Wildman–Crippen LogP) is 5.32. The molecule has 0 saturated heterocycles. The van der Waals surface area contributed by atoms with Crippen LogP contribution in [-0.4, -0.2) is 6.04 Å². The normalized spacial score (nSPS) is 24.8. The highest BCUT2D eigenvalue weighted by Crippen LogP contribution is 2.35. The molecular weight excluding hydrogens is 275 g/mol. The van der Waals surface area contributed by atoms with Gasteiger partial charge in [0.25, 0.3) is 0 Å². The van der Waals surface area contributed by atoms with Crippen molar-refractivity contribution in [1.82, 2.24) is 5.32 Å². The third-order valence-corrected chi connectivity index (χ3v) is 4.64. The van der Waals surface area contributed by atoms with Gasteiger partial charge >= 0.3 is 6.18 Å². The molecule has 0 spiro atoms. The van der Waals surface area contributed by atoms with Gasteiger partial charge in [0.2, 0.25) is 0 Å². The Labute approximate surface area is 124 Å². The Balaban J connectivity index is 2.03. The first-order valence-corrected chi connectivity index (χ1v) is 7.84. The van der Waals surface area contributed by atoms with Gasteiger partial charge in [-0.3, -0.25) is 0 Å². The number of halogens is 3. The minimum atomic E-state index is -4.29. The lowest BCUT2D eigenvalue weighted by molar-refractivity contribution is -0.138. The van der Waals surface area contributed by atoms with Crippen molar-refractivity contribution in [3.05, 3.63) is 35.4 Å². The van der Waals surface area contributed by atoms with Gasteiger partial charge in [-0.15, -0.1) is 0 Å². The van der Waals surface area contributed by atoms with Crippen molar-refractivity contribution in [3.8, 4) is 0 Å². The van der Waals surface area contributed by atoms with Crippen LogP contribution in [0, 0.1) is 5.92 Å². The van der Waals surface area contributed by atoms with Crippen LogP contribution in [0.25, 0.3) is 0 Å². The Morgan fingerprint density at radius 2 is 1.76 bits per heavy atom. The lowest BCUT2D eigenvalue weighted by Gasteiger charge is -2.31. The van der Waals surface area contributed by atoms with E-state index in [1.807, 2.05) is 6.92 Å². The van der Waals surface area contributed by atoms with E-state index < -0.39 is 11.7 Å². The molecule has 0 aromatic heterocycles. The molecule has 4 heteroatoms. The maximum absolute atomic E-state index is 13.1. The molecule has 0 amide bonds. The Hall–Kier alpha value is -1.03. The topological polar surface area (TPSA) is 12.0 Å². The average molecular weight is 299 g/mol. The van der Waals surface area contributed by atoms with Crippen LogP contribution in [0.5, 0.6) is 0 Å². The smallest absolute Gasteiger partial charge is 0.307 e. The summed E-state index contributed by atoms with van der Waals surface area (Å²) >= 11 is 0. The lowest BCUT2D eigenvalue weighted by Crippen LogP contribution is -2.35. The monoisotopic (exact) mass is 299 g/mol. The standard InChI is InChI=1S/C17H24F3N/c1-3-13-8-10-14(11-9-13)21-12(2)15-6-4-5-7-16(15)17(18,19)20/h4-7,12-14,21H,3,8-11H2,1-2H3. The van der Waals surface area contributed by atoms with Gasteiger partial charge in [0.1, 0.15) is 0 Å². The SMILES string of the molecule is CCC1CCC(NC(C)c2ccccc2C(F)(F)F)CC1. The summed E-state index contributed by atoms with van der Waals surface area (Å²) in [4.78, 5) is 0. The second-order valence-corrected chi connectivity index (χ2v) is 6.10. The molecule has 1 aromatic carbocycles. The number of hydrogen-bond donors (Lipinski definition) is 1. The third-order valence-electron chi connectivity index (χ3n) is 4.64. The van der Waals surface area contributed by atoms with Gasteiger partial charge in [-0.2, -0.15) is 13.2 Å². The summed E-state index contributed by atoms with van der Waals surface area (Å²) in [6, 6.07) is 5.94. The van der Waals surface area contributed by atoms with Crippen molar-refractivity contribution in [3.63, 3.8) is 0 Å². The summed E-state index contributed by atoms with van der Waals surface area (Å²) in [6.45, 7) is 4.04. The Morgan fingerprint density at radius 3 is 2.33 bits per heavy atom. The fourth-order valence-corrected chi connectivity index (χ4v) is 3.31. The fraction of sp³-hybridized carbons (Fsp3) is 0.647. The van der Waals surface area contributed by atoms with Crippen molar-refractivity contribution >= 4 is 0 Å². The van der Waals surface area contributed by atoms with Crippen molar-refractivity contribution in [2.24, 2.45) is 5.92 Å². The molecule has 21 heavy (non-hydrogen) atoms. The molecule has 0 heterocycles. The van der Waals surface area contributed by atoms with E-state index in [1.54, 1.807) is 12.1 Å². The molecule has 2 rings (SSSR count). The summed E-state index contributed by atoms with van der Waals surface area (Å²) in [7, 11) is 0. The maximum Gasteiger partial charge on any atom is 0.416 e. The zero-order valence-electron chi connectivity index (χ0n) is 12.7. The highest BCUT2D eigenvalue weighted by atomic mass is 19.4. The van der Waals surface area contributed by atoms with E-state index in [1.165, 1.54) is 31.4 Å². The molecule has 1 nitrogen and oxygen atoms in total. The number of rotatable bonds is 4. The summed E-state index contributed by atoms with van der Waals surface area (Å²) in [6.07, 6.45) is 1.42. The molecule has 0 aliphatic heterocycles. The van der Waals surface area contributed by atoms with Gasteiger partial charge in [-0.25, -0.2) is 0 Å². The zero-order chi connectivity index (χ0) is 15.5. The summed E-state index contributed by atoms with van der Waals surface area (Å²) < 4.78 is 39.2. The van der Waals surface area contributed by atoms with E-state index in [9.17, 15) is 13.2 Å². The van der Waals surface area contributed by atoms with E-state index in [-0.39, 0.29) is 6.04 Å². The number of nitrogens with one attached hydrogen (secondary N) is 1. The molecule has 1 atom stereocenters. The van der Waals surface area contributed by atoms with Gasteiger partial charge in [0.15, 0.2) is 0 Å². The fourth-order valence-electron chi connectivity index (χ4n) is 3.31. The van der Waals surface area contributed by atoms with E-state index in [0.717, 1.165) is 18.8 Å². The van der Waals surface area contributed by atoms with E-state index >= 15 is 0 Å². The molecule has 1 N–H and O–H groups in total. The molecular formula is C17H24F3N. The maximum atomic E-state index is 13.1. The molecule has 1 saturated carbocycles. The van der Waals surface area contributed by atoms with Crippen molar-refractivity contribution in [1.29, 1.82) is 0 Å². The molecule has 1 aliphatic rings. The minimum absolute atomic E-state index is 0.272. The van der Waals surface area contributed by atoms with Gasteiger partial charge in [0.05, 0.1) is 5.56 Å². The summed E-state index contributed by atoms with van der Waals surface area (Å²) in [5, 5.41) is 3.39. The molecule has 1 aromatic rings. The van der Waals surface area contributed by atoms with E-state index in [0.29, 0.717) is 11.6 Å². The molecule has 1 unspecified atom stereocenters. The van der Waals surface area contributed by atoms with Gasteiger partial charge in [-0.1, -0.05) is 31.5 Å². The van der Waals surface area contributed by atoms with Crippen molar-refractivity contribution in [2.45, 2.75) is 64.2 Å². The molecule has 1 aliphatic carbocycles. The van der Waals surface area contributed by atoms with Crippen LogP contribution in [0.3, 0.4) is 0 Å². The van der Waals surface area contributed by atoms with Crippen LogP contribution >= 0.6 is 0 Å². The first-order chi connectivity index (χ1) is 9.91. The second kappa shape index (κ2) is 6.82. The highest BCUT2D eigenvalue weighted by Gasteiger charge is 2.34. The number of benzene rings is 1. The van der Waals surface area contributed by atoms with Gasteiger partial charge < -0.3 is 5.32 Å². The van der Waals surface area contributed by atoms with Crippen LogP contribution in [0.2, 0.25) is 0 Å². The summed E-state index contributed by atoms with van der Waals surface area (Å²) in [5.41, 5.74) is -0.171. The third kappa shape index (κ3) is 4.22. The van der Waals surface area contributed by atoms with Crippen molar-refractivity contribution < 1.29 is 13.2 Å². The van der Waals surface area contributed by atoms with Crippen LogP contribution in [0.15, 0.2) is 24.3 Å². The zero-order valence-corrected chi connectivity index (χ0v) is 12.7. The predicted molar refractivity (Wildman–Crippen MR) is 79.0 cm³/mol. The minimum Gasteiger partial charge on any atom is -0.307 e. The Kier molecular flexibility index (Phi) is 5.31. The Bertz CT molecular complexity index is 448. The van der Waals surface area contributed by atoms with Crippen LogP contribution in [-0.2, 0) is 6.18 Å². The van der Waals surface area contributed by atoms with Crippen LogP contribution in [0.4, 0.5) is 13.2 Å². The largest absolute Gasteiger partial charge is 0.416 e. The summed E-state index contributed by atoms with van der Waals surface area (Å²) in [5.74, 6) is 0.792. The average Bonchev–Trinajstić information content (AvgIpc) is 2.47. The number of alkyl halides is 3. The van der Waals surface area contributed by atoms with Crippen LogP contribution in [0.1, 0.15) is 63.1 Å². The molecule has 0 radical (unpaired) electrons. The lowest BCUT2D eigenvalue weighted by atomic mass is 9.84. The first kappa shape index (κ1) is 16.3. The van der Waals surface area contributed by atoms with Crippen molar-refractivity contribution in [2.75, 3.05) is 0 Å². The Morgan fingerprint density at radius 1 is 1.14 bits per heavy atom. The molecule has 1 fully saturated rings. The van der Waals surface area contributed by atoms with Gasteiger partial charge in [0, 0.05) is 12.1 Å². The highest BCUT2D eigenvalue weighted by molar-refractivity contribution is 5.32. The number of hydrogen-bond acceptors (Lipinski definition) is 1. The molecule has 0 bridgehead atoms. The van der Waals surface area contributed by atoms with E-state index in [2.05, 4.69) is 12.2 Å². The quantitative estimate of drug-likeness (QED) is 0.793. The van der Waals surface area contributed by atoms with Gasteiger partial charge in [-0.05, 0) is 50.2 Å². The molecule has 118 valence electrons. The second-order valence-electron chi connectivity index (χ2n) is 6.10.